The number of rotatable bonds is 5. The molecule has 5 nitrogen and oxygen atoms in total. The Morgan fingerprint density at radius 3 is 2.89 bits per heavy atom. The van der Waals surface area contributed by atoms with Crippen LogP contribution < -0.4 is 5.73 Å². The smallest absolute Gasteiger partial charge is 0.230 e. The quantitative estimate of drug-likeness (QED) is 0.888. The SMILES string of the molecule is COCC(N)c1noc(C2CC2c2ccccc2)n1. The minimum Gasteiger partial charge on any atom is -0.383 e. The van der Waals surface area contributed by atoms with Crippen LogP contribution in [0.25, 0.3) is 0 Å². The number of nitrogens with two attached hydrogens (primary N) is 1. The Labute approximate surface area is 111 Å². The molecule has 0 bridgehead atoms. The molecule has 0 spiro atoms. The van der Waals surface area contributed by atoms with Gasteiger partial charge in [0.25, 0.3) is 0 Å². The third-order valence-electron chi connectivity index (χ3n) is 3.47. The van der Waals surface area contributed by atoms with Gasteiger partial charge in [0.05, 0.1) is 12.6 Å². The fourth-order valence-electron chi connectivity index (χ4n) is 2.34. The van der Waals surface area contributed by atoms with Gasteiger partial charge in [0, 0.05) is 13.0 Å². The molecule has 100 valence electrons. The van der Waals surface area contributed by atoms with Crippen molar-refractivity contribution in [2.45, 2.75) is 24.3 Å². The highest BCUT2D eigenvalue weighted by Gasteiger charge is 2.43. The van der Waals surface area contributed by atoms with Crippen LogP contribution in [0.5, 0.6) is 0 Å². The molecular weight excluding hydrogens is 242 g/mol. The van der Waals surface area contributed by atoms with E-state index < -0.39 is 0 Å². The highest BCUT2D eigenvalue weighted by Crippen LogP contribution is 2.53. The lowest BCUT2D eigenvalue weighted by atomic mass is 10.1. The topological polar surface area (TPSA) is 74.2 Å². The normalized spacial score (nSPS) is 23.3. The van der Waals surface area contributed by atoms with Gasteiger partial charge in [-0.2, -0.15) is 4.98 Å². The summed E-state index contributed by atoms with van der Waals surface area (Å²) < 4.78 is 10.3. The first-order chi connectivity index (χ1) is 9.29. The second-order valence-corrected chi connectivity index (χ2v) is 4.91. The molecule has 1 heterocycles. The van der Waals surface area contributed by atoms with Crippen LogP contribution in [0.2, 0.25) is 0 Å². The number of nitrogens with zero attached hydrogens (tertiary/aromatic N) is 2. The molecule has 5 heteroatoms. The van der Waals surface area contributed by atoms with Crippen molar-refractivity contribution in [3.05, 3.63) is 47.6 Å². The monoisotopic (exact) mass is 259 g/mol. The van der Waals surface area contributed by atoms with Crippen molar-refractivity contribution in [3.8, 4) is 0 Å². The maximum absolute atomic E-state index is 5.88. The Balaban J connectivity index is 1.69. The number of ether oxygens (including phenoxy) is 1. The van der Waals surface area contributed by atoms with E-state index in [1.165, 1.54) is 5.56 Å². The molecule has 1 aliphatic carbocycles. The van der Waals surface area contributed by atoms with Gasteiger partial charge in [-0.05, 0) is 17.9 Å². The van der Waals surface area contributed by atoms with Gasteiger partial charge in [-0.15, -0.1) is 0 Å². The van der Waals surface area contributed by atoms with E-state index in [0.29, 0.717) is 30.2 Å². The summed E-state index contributed by atoms with van der Waals surface area (Å²) >= 11 is 0. The van der Waals surface area contributed by atoms with Crippen molar-refractivity contribution < 1.29 is 9.26 Å². The number of aromatic nitrogens is 2. The lowest BCUT2D eigenvalue weighted by molar-refractivity contribution is 0.177. The molecule has 2 aromatic rings. The Hall–Kier alpha value is -1.72. The Bertz CT molecular complexity index is 541. The minimum absolute atomic E-state index is 0.323. The van der Waals surface area contributed by atoms with Crippen LogP contribution in [0, 0.1) is 0 Å². The van der Waals surface area contributed by atoms with Crippen LogP contribution in [-0.2, 0) is 4.74 Å². The van der Waals surface area contributed by atoms with Gasteiger partial charge in [-0.25, -0.2) is 0 Å². The van der Waals surface area contributed by atoms with E-state index in [-0.39, 0.29) is 6.04 Å². The third-order valence-corrected chi connectivity index (χ3v) is 3.47. The zero-order valence-electron chi connectivity index (χ0n) is 10.8. The highest BCUT2D eigenvalue weighted by atomic mass is 16.5. The standard InChI is InChI=1S/C14H17N3O2/c1-18-8-12(15)13-16-14(19-17-13)11-7-10(11)9-5-3-2-4-6-9/h2-6,10-12H,7-8,15H2,1H3. The fraction of sp³-hybridized carbons (Fsp3) is 0.429. The molecule has 1 aliphatic rings. The van der Waals surface area contributed by atoms with Crippen LogP contribution in [0.4, 0.5) is 0 Å². The molecule has 1 saturated carbocycles. The molecule has 3 atom stereocenters. The number of hydrogen-bond acceptors (Lipinski definition) is 5. The van der Waals surface area contributed by atoms with Crippen LogP contribution >= 0.6 is 0 Å². The average molecular weight is 259 g/mol. The van der Waals surface area contributed by atoms with Crippen molar-refractivity contribution in [1.82, 2.24) is 10.1 Å². The summed E-state index contributed by atoms with van der Waals surface area (Å²) in [4.78, 5) is 4.38. The first-order valence-electron chi connectivity index (χ1n) is 6.42. The molecule has 1 aromatic heterocycles. The van der Waals surface area contributed by atoms with E-state index in [9.17, 15) is 0 Å². The van der Waals surface area contributed by atoms with Crippen molar-refractivity contribution in [2.24, 2.45) is 5.73 Å². The van der Waals surface area contributed by atoms with Crippen LogP contribution in [-0.4, -0.2) is 23.9 Å². The molecular formula is C14H17N3O2. The van der Waals surface area contributed by atoms with Crippen LogP contribution in [0.3, 0.4) is 0 Å². The fourth-order valence-corrected chi connectivity index (χ4v) is 2.34. The lowest BCUT2D eigenvalue weighted by Gasteiger charge is -2.03. The van der Waals surface area contributed by atoms with Crippen molar-refractivity contribution in [3.63, 3.8) is 0 Å². The molecule has 1 aromatic carbocycles. The zero-order chi connectivity index (χ0) is 13.2. The molecule has 0 radical (unpaired) electrons. The van der Waals surface area contributed by atoms with Crippen LogP contribution in [0.15, 0.2) is 34.9 Å². The van der Waals surface area contributed by atoms with Gasteiger partial charge in [0.15, 0.2) is 5.82 Å². The van der Waals surface area contributed by atoms with E-state index in [0.717, 1.165) is 6.42 Å². The Morgan fingerprint density at radius 1 is 1.37 bits per heavy atom. The van der Waals surface area contributed by atoms with E-state index in [2.05, 4.69) is 34.4 Å². The van der Waals surface area contributed by atoms with Gasteiger partial charge in [-0.1, -0.05) is 35.5 Å². The summed E-state index contributed by atoms with van der Waals surface area (Å²) in [5.41, 5.74) is 7.20. The van der Waals surface area contributed by atoms with Gasteiger partial charge in [-0.3, -0.25) is 0 Å². The van der Waals surface area contributed by atoms with Crippen molar-refractivity contribution in [1.29, 1.82) is 0 Å². The molecule has 0 saturated heterocycles. The summed E-state index contributed by atoms with van der Waals surface area (Å²) in [7, 11) is 1.60. The molecule has 0 aliphatic heterocycles. The summed E-state index contributed by atoms with van der Waals surface area (Å²) in [6.07, 6.45) is 1.06. The number of hydrogen-bond donors (Lipinski definition) is 1. The van der Waals surface area contributed by atoms with E-state index >= 15 is 0 Å². The maximum atomic E-state index is 5.88. The summed E-state index contributed by atoms with van der Waals surface area (Å²) in [5.74, 6) is 2.04. The second kappa shape index (κ2) is 5.11. The van der Waals surface area contributed by atoms with Gasteiger partial charge in [0.2, 0.25) is 5.89 Å². The Kier molecular flexibility index (Phi) is 3.31. The van der Waals surface area contributed by atoms with E-state index in [1.54, 1.807) is 7.11 Å². The summed E-state index contributed by atoms with van der Waals surface area (Å²) in [6.45, 7) is 0.395. The van der Waals surface area contributed by atoms with E-state index in [4.69, 9.17) is 15.0 Å². The van der Waals surface area contributed by atoms with Crippen molar-refractivity contribution >= 4 is 0 Å². The summed E-state index contributed by atoms with van der Waals surface area (Å²) in [5, 5.41) is 3.93. The first kappa shape index (κ1) is 12.3. The Morgan fingerprint density at radius 2 is 2.16 bits per heavy atom. The summed E-state index contributed by atoms with van der Waals surface area (Å²) in [6, 6.07) is 10.1. The highest BCUT2D eigenvalue weighted by molar-refractivity contribution is 5.30. The molecule has 19 heavy (non-hydrogen) atoms. The molecule has 0 amide bonds. The number of benzene rings is 1. The largest absolute Gasteiger partial charge is 0.383 e. The second-order valence-electron chi connectivity index (χ2n) is 4.91. The molecule has 2 N–H and O–H groups in total. The molecule has 3 unspecified atom stereocenters. The average Bonchev–Trinajstić information content (AvgIpc) is 3.09. The zero-order valence-corrected chi connectivity index (χ0v) is 10.8. The van der Waals surface area contributed by atoms with Gasteiger partial charge in [0.1, 0.15) is 0 Å². The lowest BCUT2D eigenvalue weighted by Crippen LogP contribution is -2.17. The first-order valence-corrected chi connectivity index (χ1v) is 6.42. The van der Waals surface area contributed by atoms with Crippen molar-refractivity contribution in [2.75, 3.05) is 13.7 Å². The maximum Gasteiger partial charge on any atom is 0.230 e. The predicted molar refractivity (Wildman–Crippen MR) is 69.6 cm³/mol. The number of methoxy groups -OCH3 is 1. The van der Waals surface area contributed by atoms with Crippen LogP contribution in [0.1, 0.15) is 41.6 Å². The van der Waals surface area contributed by atoms with Gasteiger partial charge >= 0.3 is 0 Å². The predicted octanol–water partition coefficient (Wildman–Crippen LogP) is 1.99. The minimum atomic E-state index is -0.323. The molecule has 1 fully saturated rings. The van der Waals surface area contributed by atoms with Gasteiger partial charge < -0.3 is 15.0 Å². The third kappa shape index (κ3) is 2.52. The van der Waals surface area contributed by atoms with E-state index in [1.807, 2.05) is 6.07 Å². The molecule has 3 rings (SSSR count).